The van der Waals surface area contributed by atoms with Crippen LogP contribution in [0.1, 0.15) is 65.5 Å². The van der Waals surface area contributed by atoms with Crippen molar-refractivity contribution >= 4 is 46.3 Å². The van der Waals surface area contributed by atoms with Crippen molar-refractivity contribution in [2.45, 2.75) is 107 Å². The van der Waals surface area contributed by atoms with E-state index in [4.69, 9.17) is 14.2 Å². The predicted octanol–water partition coefficient (Wildman–Crippen LogP) is 5.09. The monoisotopic (exact) mass is 1070 g/mol. The summed E-state index contributed by atoms with van der Waals surface area (Å²) in [7, 11) is 1.56. The van der Waals surface area contributed by atoms with Crippen molar-refractivity contribution in [3.63, 3.8) is 0 Å². The van der Waals surface area contributed by atoms with Crippen LogP contribution in [0.5, 0.6) is 11.5 Å². The van der Waals surface area contributed by atoms with Crippen LogP contribution in [-0.4, -0.2) is 126 Å². The molecule has 5 aromatic carbocycles. The lowest BCUT2D eigenvalue weighted by Crippen LogP contribution is -2.64. The second kappa shape index (κ2) is 25.6. The third kappa shape index (κ3) is 13.3. The molecule has 0 bridgehead atoms. The van der Waals surface area contributed by atoms with Gasteiger partial charge in [0.2, 0.25) is 35.4 Å². The normalized spacial score (nSPS) is 22.9. The molecule has 17 nitrogen and oxygen atoms in total. The summed E-state index contributed by atoms with van der Waals surface area (Å²) in [6, 6.07) is 33.0. The Kier molecular flexibility index (Phi) is 17.6. The first-order valence-electron chi connectivity index (χ1n) is 27.7. The van der Waals surface area contributed by atoms with Gasteiger partial charge in [-0.3, -0.25) is 28.8 Å². The van der Waals surface area contributed by atoms with Crippen LogP contribution >= 0.6 is 0 Å². The second-order valence-corrected chi connectivity index (χ2v) is 21.1. The number of benzene rings is 5. The molecule has 79 heavy (non-hydrogen) atoms. The first-order valence-corrected chi connectivity index (χ1v) is 27.7. The average Bonchev–Trinajstić information content (AvgIpc) is 3.87. The lowest BCUT2D eigenvalue weighted by molar-refractivity contribution is -0.157. The number of aryl methyl sites for hydroxylation is 2. The number of ether oxygens (including phenoxy) is 3. The number of aromatic nitrogens is 1. The van der Waals surface area contributed by atoms with E-state index >= 15 is 24.0 Å². The van der Waals surface area contributed by atoms with Crippen molar-refractivity contribution in [2.24, 2.45) is 5.92 Å². The molecule has 412 valence electrons. The Labute approximate surface area is 460 Å². The maximum absolute atomic E-state index is 15.9. The lowest BCUT2D eigenvalue weighted by Gasteiger charge is -2.40. The summed E-state index contributed by atoms with van der Waals surface area (Å²) in [5.74, 6) is -2.16. The Morgan fingerprint density at radius 3 is 2.03 bits per heavy atom. The Bertz CT molecular complexity index is 3090. The maximum Gasteiger partial charge on any atom is 0.246 e. The largest absolute Gasteiger partial charge is 0.496 e. The van der Waals surface area contributed by atoms with E-state index in [2.05, 4.69) is 31.6 Å². The number of piperidine rings is 1. The first-order chi connectivity index (χ1) is 38.6. The number of carbonyl (C=O) groups excluding carboxylic acids is 6. The Morgan fingerprint density at radius 1 is 0.595 bits per heavy atom. The quantitative estimate of drug-likeness (QED) is 0.0903. The molecule has 3 saturated heterocycles. The number of hydrogen-bond acceptors (Lipinski definition) is 10. The fourth-order valence-electron chi connectivity index (χ4n) is 11.5. The molecule has 4 aliphatic heterocycles. The van der Waals surface area contributed by atoms with Gasteiger partial charge in [0.25, 0.3) is 0 Å². The van der Waals surface area contributed by atoms with Crippen LogP contribution in [0, 0.1) is 5.92 Å². The van der Waals surface area contributed by atoms with E-state index < -0.39 is 71.7 Å². The zero-order valence-electron chi connectivity index (χ0n) is 44.6. The Hall–Kier alpha value is -8.02. The summed E-state index contributed by atoms with van der Waals surface area (Å²) in [6.45, 7) is 1.92. The van der Waals surface area contributed by atoms with E-state index in [1.807, 2.05) is 127 Å². The van der Waals surface area contributed by atoms with Crippen molar-refractivity contribution in [1.82, 2.24) is 41.4 Å². The van der Waals surface area contributed by atoms with Crippen molar-refractivity contribution < 1.29 is 43.0 Å². The highest BCUT2D eigenvalue weighted by molar-refractivity contribution is 5.99. The standard InChI is InChI=1S/C62H70N8O9/c1-77-55-18-10-17-48-56(55)46(36-64-48)35-51-59(73)66-50(33-42-27-29-63-30-28-42)58(72)68-52(34-41-19-23-47(24-20-41)79-38-43-13-6-3-7-14-43)61(75)70-37-45-16-9-8-15-44(45)22-26-53(70)62(76)69-31-32-78-39-54(69)60(74)65-49(57(71)67-51)25-21-40-11-4-2-5-12-40/h2-20,23-24,36,42,49-54,63-64H,21-22,25-35,37-39H2,1H3,(H,65,74)(H,66,73)(H,67,71)(H,68,72)/t49-,50-,51+,52-,53-,54-/m0/s1. The molecule has 6 amide bonds. The molecule has 3 fully saturated rings. The van der Waals surface area contributed by atoms with E-state index in [-0.39, 0.29) is 64.3 Å². The van der Waals surface area contributed by atoms with Gasteiger partial charge in [-0.25, -0.2) is 0 Å². The van der Waals surface area contributed by atoms with Crippen LogP contribution in [0.3, 0.4) is 0 Å². The van der Waals surface area contributed by atoms with E-state index in [9.17, 15) is 4.79 Å². The average molecular weight is 1070 g/mol. The number of nitrogens with zero attached hydrogens (tertiary/aromatic N) is 2. The van der Waals surface area contributed by atoms with E-state index in [0.29, 0.717) is 42.1 Å². The fourth-order valence-corrected chi connectivity index (χ4v) is 11.5. The highest BCUT2D eigenvalue weighted by Crippen LogP contribution is 2.31. The Morgan fingerprint density at radius 2 is 1.27 bits per heavy atom. The minimum Gasteiger partial charge on any atom is -0.496 e. The Balaban J connectivity index is 1.05. The molecule has 0 unspecified atom stereocenters. The SMILES string of the molecule is COc1cccc2[nH]cc(C[C@H]3NC(=O)[C@H](CCc4ccccc4)NC(=O)[C@@H]4COCCN4C(=O)[C@@H]4CCc5ccccc5CN4C(=O)[C@H](Cc4ccc(OCc5ccccc5)cc4)NC(=O)[C@H](CC4CCNCC4)NC3=O)c12. The van der Waals surface area contributed by atoms with Gasteiger partial charge in [-0.2, -0.15) is 0 Å². The summed E-state index contributed by atoms with van der Waals surface area (Å²) in [5, 5.41) is 16.3. The number of rotatable bonds is 13. The molecule has 6 N–H and O–H groups in total. The second-order valence-electron chi connectivity index (χ2n) is 21.1. The van der Waals surface area contributed by atoms with Gasteiger partial charge >= 0.3 is 0 Å². The van der Waals surface area contributed by atoms with Crippen molar-refractivity contribution in [1.29, 1.82) is 0 Å². The number of morpholine rings is 1. The minimum atomic E-state index is -1.27. The molecule has 4 aliphatic rings. The lowest BCUT2D eigenvalue weighted by atomic mass is 9.90. The van der Waals surface area contributed by atoms with Gasteiger partial charge in [0.05, 0.1) is 20.3 Å². The van der Waals surface area contributed by atoms with Crippen LogP contribution in [0.15, 0.2) is 134 Å². The summed E-state index contributed by atoms with van der Waals surface area (Å²) >= 11 is 0. The molecule has 6 aromatic rings. The number of aromatic amines is 1. The van der Waals surface area contributed by atoms with Crippen LogP contribution < -0.4 is 36.1 Å². The molecule has 10 rings (SSSR count). The number of fused-ring (bicyclic) bond motifs is 4. The zero-order valence-corrected chi connectivity index (χ0v) is 44.6. The molecule has 6 atom stereocenters. The van der Waals surface area contributed by atoms with Gasteiger partial charge in [-0.1, -0.05) is 103 Å². The van der Waals surface area contributed by atoms with Crippen LogP contribution in [-0.2, 0) is 72.3 Å². The topological polar surface area (TPSA) is 213 Å². The van der Waals surface area contributed by atoms with E-state index in [1.165, 1.54) is 4.90 Å². The van der Waals surface area contributed by atoms with Gasteiger partial charge in [0.15, 0.2) is 0 Å². The number of H-pyrrole nitrogens is 1. The van der Waals surface area contributed by atoms with Crippen LogP contribution in [0.4, 0.5) is 0 Å². The van der Waals surface area contributed by atoms with Gasteiger partial charge in [-0.15, -0.1) is 0 Å². The first kappa shape index (κ1) is 54.3. The highest BCUT2D eigenvalue weighted by atomic mass is 16.5. The molecule has 17 heteroatoms. The molecule has 5 heterocycles. The van der Waals surface area contributed by atoms with E-state index in [0.717, 1.165) is 59.1 Å². The van der Waals surface area contributed by atoms with Crippen LogP contribution in [0.2, 0.25) is 0 Å². The third-order valence-corrected chi connectivity index (χ3v) is 15.9. The van der Waals surface area contributed by atoms with E-state index in [1.54, 1.807) is 18.2 Å². The maximum atomic E-state index is 15.9. The number of carbonyl (C=O) groups is 6. The van der Waals surface area contributed by atoms with Gasteiger partial charge in [-0.05, 0) is 122 Å². The summed E-state index contributed by atoms with van der Waals surface area (Å²) in [6.07, 6.45) is 4.77. The molecular weight excluding hydrogens is 1000 g/mol. The predicted molar refractivity (Wildman–Crippen MR) is 298 cm³/mol. The molecule has 0 aliphatic carbocycles. The molecule has 0 radical (unpaired) electrons. The zero-order chi connectivity index (χ0) is 54.7. The number of amides is 6. The summed E-state index contributed by atoms with van der Waals surface area (Å²) in [4.78, 5) is 98.3. The molecule has 0 saturated carbocycles. The number of hydrogen-bond donors (Lipinski definition) is 6. The molecule has 1 aromatic heterocycles. The fraction of sp³-hybridized carbons (Fsp3) is 0.387. The van der Waals surface area contributed by atoms with Gasteiger partial charge in [0, 0.05) is 43.0 Å². The highest BCUT2D eigenvalue weighted by Gasteiger charge is 2.44. The molecule has 0 spiro atoms. The minimum absolute atomic E-state index is 0.0261. The van der Waals surface area contributed by atoms with Gasteiger partial charge < -0.3 is 55.6 Å². The van der Waals surface area contributed by atoms with Crippen molar-refractivity contribution in [3.05, 3.63) is 167 Å². The van der Waals surface area contributed by atoms with Crippen molar-refractivity contribution in [2.75, 3.05) is 40.0 Å². The van der Waals surface area contributed by atoms with Gasteiger partial charge in [0.1, 0.15) is 54.4 Å². The smallest absolute Gasteiger partial charge is 0.246 e. The number of methoxy groups -OCH3 is 1. The molecular formula is C62H70N8O9. The third-order valence-electron chi connectivity index (χ3n) is 15.9. The summed E-state index contributed by atoms with van der Waals surface area (Å²) < 4.78 is 17.8. The number of nitrogens with one attached hydrogen (secondary N) is 6. The summed E-state index contributed by atoms with van der Waals surface area (Å²) in [5.41, 5.74) is 5.91. The van der Waals surface area contributed by atoms with Crippen molar-refractivity contribution in [3.8, 4) is 11.5 Å². The van der Waals surface area contributed by atoms with Crippen LogP contribution in [0.25, 0.3) is 10.9 Å².